The Morgan fingerprint density at radius 3 is 1.71 bits per heavy atom. The van der Waals surface area contributed by atoms with Gasteiger partial charge in [-0.15, -0.1) is 0 Å². The number of phenols is 1. The highest BCUT2D eigenvalue weighted by molar-refractivity contribution is 5.49. The van der Waals surface area contributed by atoms with Gasteiger partial charge in [-0.2, -0.15) is 0 Å². The van der Waals surface area contributed by atoms with Crippen LogP contribution in [-0.4, -0.2) is 5.11 Å². The van der Waals surface area contributed by atoms with Gasteiger partial charge >= 0.3 is 0 Å². The molecule has 0 aliphatic rings. The monoisotopic (exact) mass is 303 g/mol. The van der Waals surface area contributed by atoms with Crippen LogP contribution in [-0.2, 0) is 0 Å². The van der Waals surface area contributed by atoms with Gasteiger partial charge in [0.15, 0.2) is 23.3 Å². The Kier molecular flexibility index (Phi) is 4.02. The summed E-state index contributed by atoms with van der Waals surface area (Å²) in [7, 11) is 0. The third kappa shape index (κ3) is 2.76. The second-order valence-corrected chi connectivity index (χ2v) is 4.40. The number of aromatic hydroxyl groups is 1. The summed E-state index contributed by atoms with van der Waals surface area (Å²) in [6.45, 7) is 1.48. The van der Waals surface area contributed by atoms with E-state index in [0.717, 1.165) is 0 Å². The summed E-state index contributed by atoms with van der Waals surface area (Å²) in [5.41, 5.74) is -0.594. The van der Waals surface area contributed by atoms with E-state index in [4.69, 9.17) is 5.11 Å². The normalized spacial score (nSPS) is 12.3. The van der Waals surface area contributed by atoms with E-state index >= 15 is 0 Å². The molecule has 0 radical (unpaired) electrons. The van der Waals surface area contributed by atoms with Crippen LogP contribution >= 0.6 is 0 Å². The fraction of sp³-hybridized carbons (Fsp3) is 0.143. The van der Waals surface area contributed by atoms with Crippen molar-refractivity contribution in [3.63, 3.8) is 0 Å². The maximum Gasteiger partial charge on any atom is 0.200 e. The molecular formula is C14H10F5NO. The predicted octanol–water partition coefficient (Wildman–Crippen LogP) is 4.26. The average molecular weight is 303 g/mol. The molecule has 112 valence electrons. The van der Waals surface area contributed by atoms with E-state index in [-0.39, 0.29) is 5.75 Å². The maximum absolute atomic E-state index is 13.5. The van der Waals surface area contributed by atoms with Crippen molar-refractivity contribution >= 4 is 5.69 Å². The number of hydrogen-bond acceptors (Lipinski definition) is 2. The van der Waals surface area contributed by atoms with Gasteiger partial charge in [0, 0.05) is 6.04 Å². The van der Waals surface area contributed by atoms with E-state index in [2.05, 4.69) is 5.32 Å². The molecule has 0 saturated heterocycles. The van der Waals surface area contributed by atoms with Crippen molar-refractivity contribution in [2.24, 2.45) is 0 Å². The van der Waals surface area contributed by atoms with E-state index in [0.29, 0.717) is 5.56 Å². The van der Waals surface area contributed by atoms with Gasteiger partial charge in [0.1, 0.15) is 11.4 Å². The summed E-state index contributed by atoms with van der Waals surface area (Å²) in [5, 5.41) is 11.4. The van der Waals surface area contributed by atoms with Crippen molar-refractivity contribution in [1.82, 2.24) is 0 Å². The van der Waals surface area contributed by atoms with Crippen molar-refractivity contribution in [2.75, 3.05) is 5.32 Å². The first-order valence-electron chi connectivity index (χ1n) is 5.89. The zero-order valence-electron chi connectivity index (χ0n) is 10.7. The summed E-state index contributed by atoms with van der Waals surface area (Å²) >= 11 is 0. The molecule has 2 aromatic carbocycles. The van der Waals surface area contributed by atoms with E-state index in [1.165, 1.54) is 31.2 Å². The third-order valence-electron chi connectivity index (χ3n) is 2.96. The lowest BCUT2D eigenvalue weighted by Gasteiger charge is -2.17. The van der Waals surface area contributed by atoms with Gasteiger partial charge in [0.05, 0.1) is 0 Å². The molecule has 7 heteroatoms. The molecular weight excluding hydrogens is 293 g/mol. The molecule has 1 unspecified atom stereocenters. The molecule has 0 aliphatic heterocycles. The van der Waals surface area contributed by atoms with Gasteiger partial charge < -0.3 is 10.4 Å². The van der Waals surface area contributed by atoms with Gasteiger partial charge in [-0.05, 0) is 24.6 Å². The van der Waals surface area contributed by atoms with Crippen LogP contribution in [0.4, 0.5) is 27.6 Å². The highest BCUT2D eigenvalue weighted by Gasteiger charge is 2.26. The first kappa shape index (κ1) is 15.1. The molecule has 0 spiro atoms. The topological polar surface area (TPSA) is 32.3 Å². The van der Waals surface area contributed by atoms with E-state index < -0.39 is 40.8 Å². The first-order valence-corrected chi connectivity index (χ1v) is 5.89. The van der Waals surface area contributed by atoms with Crippen LogP contribution in [0.3, 0.4) is 0 Å². The Hall–Kier alpha value is -2.31. The van der Waals surface area contributed by atoms with Crippen LogP contribution < -0.4 is 5.32 Å². The molecule has 2 nitrogen and oxygen atoms in total. The summed E-state index contributed by atoms with van der Waals surface area (Å²) in [5.74, 6) is -10.1. The fourth-order valence-electron chi connectivity index (χ4n) is 1.79. The van der Waals surface area contributed by atoms with E-state index in [1.54, 1.807) is 0 Å². The van der Waals surface area contributed by atoms with Crippen LogP contribution in [0.15, 0.2) is 24.3 Å². The van der Waals surface area contributed by atoms with Crippen LogP contribution in [0.5, 0.6) is 5.75 Å². The molecule has 2 rings (SSSR count). The lowest BCUT2D eigenvalue weighted by Crippen LogP contribution is -2.13. The Morgan fingerprint density at radius 2 is 1.24 bits per heavy atom. The third-order valence-corrected chi connectivity index (χ3v) is 2.96. The molecule has 0 amide bonds. The maximum atomic E-state index is 13.5. The van der Waals surface area contributed by atoms with Crippen molar-refractivity contribution in [1.29, 1.82) is 0 Å². The Morgan fingerprint density at radius 1 is 0.810 bits per heavy atom. The molecule has 0 fully saturated rings. The number of rotatable bonds is 3. The molecule has 0 aliphatic carbocycles. The molecule has 0 saturated carbocycles. The van der Waals surface area contributed by atoms with E-state index in [9.17, 15) is 22.0 Å². The standard InChI is InChI=1S/C14H10F5NO/c1-6(7-2-4-8(21)5-3-7)20-14-12(18)10(16)9(15)11(17)13(14)19/h2-6,20-21H,1H3. The quantitative estimate of drug-likeness (QED) is 0.504. The molecule has 1 atom stereocenters. The average Bonchev–Trinajstić information content (AvgIpc) is 2.48. The zero-order chi connectivity index (χ0) is 15.7. The van der Waals surface area contributed by atoms with Crippen molar-refractivity contribution in [3.05, 3.63) is 58.9 Å². The van der Waals surface area contributed by atoms with Gasteiger partial charge in [-0.3, -0.25) is 0 Å². The van der Waals surface area contributed by atoms with Crippen molar-refractivity contribution in [3.8, 4) is 5.75 Å². The number of benzene rings is 2. The van der Waals surface area contributed by atoms with Gasteiger partial charge in [-0.25, -0.2) is 22.0 Å². The summed E-state index contributed by atoms with van der Waals surface area (Å²) in [6, 6.07) is 4.86. The minimum absolute atomic E-state index is 0.0119. The van der Waals surface area contributed by atoms with Crippen LogP contribution in [0.2, 0.25) is 0 Å². The lowest BCUT2D eigenvalue weighted by molar-refractivity contribution is 0.381. The smallest absolute Gasteiger partial charge is 0.200 e. The lowest BCUT2D eigenvalue weighted by atomic mass is 10.1. The number of hydrogen-bond donors (Lipinski definition) is 2. The number of halogens is 5. The molecule has 0 heterocycles. The summed E-state index contributed by atoms with van der Waals surface area (Å²) in [6.07, 6.45) is 0. The van der Waals surface area contributed by atoms with Gasteiger partial charge in [-0.1, -0.05) is 12.1 Å². The summed E-state index contributed by atoms with van der Waals surface area (Å²) in [4.78, 5) is 0. The largest absolute Gasteiger partial charge is 0.508 e. The Bertz CT molecular complexity index is 643. The number of anilines is 1. The first-order chi connectivity index (χ1) is 9.82. The second-order valence-electron chi connectivity index (χ2n) is 4.40. The van der Waals surface area contributed by atoms with Crippen molar-refractivity contribution in [2.45, 2.75) is 13.0 Å². The van der Waals surface area contributed by atoms with Gasteiger partial charge in [0.2, 0.25) is 5.82 Å². The van der Waals surface area contributed by atoms with Gasteiger partial charge in [0.25, 0.3) is 0 Å². The second kappa shape index (κ2) is 5.59. The van der Waals surface area contributed by atoms with Crippen LogP contribution in [0.25, 0.3) is 0 Å². The minimum Gasteiger partial charge on any atom is -0.508 e. The van der Waals surface area contributed by atoms with Crippen LogP contribution in [0, 0.1) is 29.1 Å². The molecule has 21 heavy (non-hydrogen) atoms. The van der Waals surface area contributed by atoms with Crippen molar-refractivity contribution < 1.29 is 27.1 Å². The van der Waals surface area contributed by atoms with E-state index in [1.807, 2.05) is 0 Å². The highest BCUT2D eigenvalue weighted by Crippen LogP contribution is 2.30. The fourth-order valence-corrected chi connectivity index (χ4v) is 1.79. The predicted molar refractivity (Wildman–Crippen MR) is 66.4 cm³/mol. The number of phenolic OH excluding ortho intramolecular Hbond substituents is 1. The summed E-state index contributed by atoms with van der Waals surface area (Å²) < 4.78 is 66.1. The zero-order valence-corrected chi connectivity index (χ0v) is 10.7. The molecule has 0 aromatic heterocycles. The number of nitrogens with one attached hydrogen (secondary N) is 1. The minimum atomic E-state index is -2.20. The molecule has 2 aromatic rings. The SMILES string of the molecule is CC(Nc1c(F)c(F)c(F)c(F)c1F)c1ccc(O)cc1. The van der Waals surface area contributed by atoms with Crippen LogP contribution in [0.1, 0.15) is 18.5 Å². The highest BCUT2D eigenvalue weighted by atomic mass is 19.2. The Labute approximate surface area is 116 Å². The Balaban J connectivity index is 2.37. The molecule has 2 N–H and O–H groups in total. The molecule has 0 bridgehead atoms.